The Kier molecular flexibility index (Phi) is 4.33. The highest BCUT2D eigenvalue weighted by Gasteiger charge is 2.32. The van der Waals surface area contributed by atoms with Gasteiger partial charge in [-0.3, -0.25) is 4.79 Å². The van der Waals surface area contributed by atoms with Gasteiger partial charge in [0.1, 0.15) is 0 Å². The third-order valence-electron chi connectivity index (χ3n) is 4.38. The second kappa shape index (κ2) is 6.47. The van der Waals surface area contributed by atoms with Crippen LogP contribution in [0.1, 0.15) is 30.1 Å². The predicted molar refractivity (Wildman–Crippen MR) is 101 cm³/mol. The molecule has 24 heavy (non-hydrogen) atoms. The first kappa shape index (κ1) is 16.1. The van der Waals surface area contributed by atoms with E-state index in [0.717, 1.165) is 40.3 Å². The van der Waals surface area contributed by atoms with E-state index in [2.05, 4.69) is 17.4 Å². The van der Waals surface area contributed by atoms with E-state index in [-0.39, 0.29) is 11.0 Å². The van der Waals surface area contributed by atoms with Crippen molar-refractivity contribution in [1.82, 2.24) is 0 Å². The number of Topliss-reactive ketones (excluding diaryl/α,β-unsaturated/α-hetero) is 1. The number of allylic oxidation sites excluding steroid dienone is 1. The van der Waals surface area contributed by atoms with Gasteiger partial charge in [0.25, 0.3) is 0 Å². The minimum absolute atomic E-state index is 0.0706. The van der Waals surface area contributed by atoms with Crippen molar-refractivity contribution in [3.63, 3.8) is 0 Å². The van der Waals surface area contributed by atoms with Crippen molar-refractivity contribution in [3.05, 3.63) is 69.3 Å². The normalized spacial score (nSPS) is 20.1. The van der Waals surface area contributed by atoms with Crippen LogP contribution in [0, 0.1) is 0 Å². The van der Waals surface area contributed by atoms with E-state index in [1.807, 2.05) is 24.3 Å². The first-order valence-electron chi connectivity index (χ1n) is 7.87. The summed E-state index contributed by atoms with van der Waals surface area (Å²) in [5, 5.41) is 4.47. The van der Waals surface area contributed by atoms with Gasteiger partial charge in [-0.2, -0.15) is 0 Å². The summed E-state index contributed by atoms with van der Waals surface area (Å²) in [5.74, 6) is 0.222. The molecule has 0 fully saturated rings. The van der Waals surface area contributed by atoms with Crippen molar-refractivity contribution in [2.24, 2.45) is 0 Å². The van der Waals surface area contributed by atoms with Crippen LogP contribution in [0.4, 0.5) is 5.69 Å². The average Bonchev–Trinajstić information content (AvgIpc) is 2.74. The second-order valence-corrected chi connectivity index (χ2v) is 7.92. The standard InChI is InChI=1S/C19H15Cl2NOS/c20-12-9-8-11(10-13(12)21)19-18-15(5-3-6-16(18)23)22-14-4-1-2-7-17(14)24-19/h1-2,4,7-10,19,22H,3,5-6H2/t19-/m1/s1. The molecule has 1 N–H and O–H groups in total. The van der Waals surface area contributed by atoms with Crippen LogP contribution >= 0.6 is 35.0 Å². The smallest absolute Gasteiger partial charge is 0.162 e. The highest BCUT2D eigenvalue weighted by Crippen LogP contribution is 2.49. The molecule has 1 atom stereocenters. The Morgan fingerprint density at radius 3 is 2.71 bits per heavy atom. The number of hydrogen-bond donors (Lipinski definition) is 1. The molecular formula is C19H15Cl2NOS. The minimum atomic E-state index is -0.0706. The largest absolute Gasteiger partial charge is 0.358 e. The molecule has 2 aliphatic rings. The molecule has 0 radical (unpaired) electrons. The van der Waals surface area contributed by atoms with Gasteiger partial charge in [0.05, 0.1) is 21.0 Å². The van der Waals surface area contributed by atoms with Crippen LogP contribution in [-0.4, -0.2) is 5.78 Å². The molecule has 0 bridgehead atoms. The van der Waals surface area contributed by atoms with E-state index < -0.39 is 0 Å². The number of anilines is 1. The zero-order valence-corrected chi connectivity index (χ0v) is 15.1. The molecule has 4 rings (SSSR count). The summed E-state index contributed by atoms with van der Waals surface area (Å²) in [5.41, 5.74) is 3.99. The molecule has 122 valence electrons. The second-order valence-electron chi connectivity index (χ2n) is 5.96. The number of nitrogens with one attached hydrogen (secondary N) is 1. The van der Waals surface area contributed by atoms with Gasteiger partial charge < -0.3 is 5.32 Å². The molecule has 2 aromatic carbocycles. The molecule has 0 spiro atoms. The number of benzene rings is 2. The van der Waals surface area contributed by atoms with Gasteiger partial charge in [0.2, 0.25) is 0 Å². The molecule has 0 aromatic heterocycles. The first-order chi connectivity index (χ1) is 11.6. The molecule has 0 amide bonds. The van der Waals surface area contributed by atoms with Crippen LogP contribution in [-0.2, 0) is 4.79 Å². The maximum absolute atomic E-state index is 12.7. The van der Waals surface area contributed by atoms with Crippen LogP contribution in [0.25, 0.3) is 0 Å². The molecule has 0 saturated heterocycles. The number of halogens is 2. The Morgan fingerprint density at radius 2 is 1.88 bits per heavy atom. The lowest BCUT2D eigenvalue weighted by Gasteiger charge is -2.24. The quantitative estimate of drug-likeness (QED) is 0.637. The highest BCUT2D eigenvalue weighted by molar-refractivity contribution is 8.00. The summed E-state index contributed by atoms with van der Waals surface area (Å²) in [6.45, 7) is 0. The van der Waals surface area contributed by atoms with Gasteiger partial charge in [-0.15, -0.1) is 11.8 Å². The Hall–Kier alpha value is -1.42. The molecule has 2 nitrogen and oxygen atoms in total. The molecule has 0 unspecified atom stereocenters. The third-order valence-corrected chi connectivity index (χ3v) is 6.47. The van der Waals surface area contributed by atoms with Crippen LogP contribution in [0.5, 0.6) is 0 Å². The molecular weight excluding hydrogens is 361 g/mol. The van der Waals surface area contributed by atoms with Crippen LogP contribution in [0.3, 0.4) is 0 Å². The van der Waals surface area contributed by atoms with Gasteiger partial charge in [-0.25, -0.2) is 0 Å². The van der Waals surface area contributed by atoms with Crippen LogP contribution in [0.2, 0.25) is 10.0 Å². The minimum Gasteiger partial charge on any atom is -0.358 e. The number of carbonyl (C=O) groups is 1. The maximum atomic E-state index is 12.7. The molecule has 5 heteroatoms. The summed E-state index contributed by atoms with van der Waals surface area (Å²) in [7, 11) is 0. The fourth-order valence-corrected chi connectivity index (χ4v) is 4.87. The van der Waals surface area contributed by atoms with Crippen LogP contribution in [0.15, 0.2) is 58.6 Å². The Morgan fingerprint density at radius 1 is 1.04 bits per heavy atom. The van der Waals surface area contributed by atoms with E-state index in [4.69, 9.17) is 23.2 Å². The summed E-state index contributed by atoms with van der Waals surface area (Å²) >= 11 is 14.0. The number of para-hydroxylation sites is 1. The molecule has 1 aliphatic heterocycles. The summed E-state index contributed by atoms with van der Waals surface area (Å²) in [4.78, 5) is 13.8. The number of carbonyl (C=O) groups excluding carboxylic acids is 1. The number of rotatable bonds is 1. The van der Waals surface area contributed by atoms with E-state index in [0.29, 0.717) is 16.5 Å². The summed E-state index contributed by atoms with van der Waals surface area (Å²) in [6.07, 6.45) is 2.40. The van der Waals surface area contributed by atoms with Crippen molar-refractivity contribution in [2.45, 2.75) is 29.4 Å². The lowest BCUT2D eigenvalue weighted by molar-refractivity contribution is -0.116. The van der Waals surface area contributed by atoms with Gasteiger partial charge in [0, 0.05) is 22.6 Å². The lowest BCUT2D eigenvalue weighted by Crippen LogP contribution is -2.19. The van der Waals surface area contributed by atoms with Gasteiger partial charge >= 0.3 is 0 Å². The van der Waals surface area contributed by atoms with Gasteiger partial charge in [-0.1, -0.05) is 41.4 Å². The van der Waals surface area contributed by atoms with Crippen molar-refractivity contribution in [3.8, 4) is 0 Å². The highest BCUT2D eigenvalue weighted by atomic mass is 35.5. The van der Waals surface area contributed by atoms with Crippen LogP contribution < -0.4 is 5.32 Å². The van der Waals surface area contributed by atoms with Gasteiger partial charge in [0.15, 0.2) is 5.78 Å². The zero-order valence-electron chi connectivity index (χ0n) is 12.8. The topological polar surface area (TPSA) is 29.1 Å². The third kappa shape index (κ3) is 2.85. The van der Waals surface area contributed by atoms with E-state index in [1.165, 1.54) is 0 Å². The number of ketones is 1. The Bertz CT molecular complexity index is 862. The van der Waals surface area contributed by atoms with Crippen molar-refractivity contribution in [2.75, 3.05) is 5.32 Å². The van der Waals surface area contributed by atoms with E-state index in [9.17, 15) is 4.79 Å². The van der Waals surface area contributed by atoms with Crippen molar-refractivity contribution in [1.29, 1.82) is 0 Å². The van der Waals surface area contributed by atoms with Gasteiger partial charge in [-0.05, 0) is 42.7 Å². The number of hydrogen-bond acceptors (Lipinski definition) is 3. The first-order valence-corrected chi connectivity index (χ1v) is 9.51. The Balaban J connectivity index is 1.88. The molecule has 2 aromatic rings. The number of fused-ring (bicyclic) bond motifs is 1. The van der Waals surface area contributed by atoms with E-state index >= 15 is 0 Å². The fraction of sp³-hybridized carbons (Fsp3) is 0.211. The maximum Gasteiger partial charge on any atom is 0.162 e. The lowest BCUT2D eigenvalue weighted by atomic mass is 9.89. The summed E-state index contributed by atoms with van der Waals surface area (Å²) in [6, 6.07) is 13.8. The predicted octanol–water partition coefficient (Wildman–Crippen LogP) is 6.26. The SMILES string of the molecule is O=C1CCCC2=C1[C@@H](c1ccc(Cl)c(Cl)c1)Sc1ccccc1N2. The van der Waals surface area contributed by atoms with Crippen molar-refractivity contribution >= 4 is 46.4 Å². The zero-order chi connectivity index (χ0) is 16.7. The molecule has 1 aliphatic carbocycles. The van der Waals surface area contributed by atoms with E-state index in [1.54, 1.807) is 17.8 Å². The average molecular weight is 376 g/mol. The molecule has 1 heterocycles. The summed E-state index contributed by atoms with van der Waals surface area (Å²) < 4.78 is 0. The Labute approximate surface area is 155 Å². The van der Waals surface area contributed by atoms with Crippen molar-refractivity contribution < 1.29 is 4.79 Å². The monoisotopic (exact) mass is 375 g/mol. The fourth-order valence-electron chi connectivity index (χ4n) is 3.23. The number of thioether (sulfide) groups is 1. The molecule has 0 saturated carbocycles.